The van der Waals surface area contributed by atoms with E-state index < -0.39 is 0 Å². The van der Waals surface area contributed by atoms with E-state index in [2.05, 4.69) is 12.2 Å². The fourth-order valence-corrected chi connectivity index (χ4v) is 2.25. The van der Waals surface area contributed by atoms with E-state index in [9.17, 15) is 4.79 Å². The Morgan fingerprint density at radius 2 is 2.44 bits per heavy atom. The zero-order valence-corrected chi connectivity index (χ0v) is 10.2. The fraction of sp³-hybridized carbons (Fsp3) is 0.545. The quantitative estimate of drug-likeness (QED) is 0.869. The first-order valence-electron chi connectivity index (χ1n) is 5.11. The summed E-state index contributed by atoms with van der Waals surface area (Å²) < 4.78 is 10.2. The summed E-state index contributed by atoms with van der Waals surface area (Å²) in [6.45, 7) is 4.21. The highest BCUT2D eigenvalue weighted by molar-refractivity contribution is 7.12. The van der Waals surface area contributed by atoms with Gasteiger partial charge in [-0.3, -0.25) is 4.79 Å². The van der Waals surface area contributed by atoms with Crippen molar-refractivity contribution in [2.24, 2.45) is 5.41 Å². The minimum Gasteiger partial charge on any atom is -0.496 e. The maximum absolute atomic E-state index is 11.8. The van der Waals surface area contributed by atoms with Crippen LogP contribution < -0.4 is 10.1 Å². The van der Waals surface area contributed by atoms with Crippen molar-refractivity contribution in [2.75, 3.05) is 26.9 Å². The van der Waals surface area contributed by atoms with Gasteiger partial charge in [-0.25, -0.2) is 0 Å². The predicted molar refractivity (Wildman–Crippen MR) is 62.1 cm³/mol. The highest BCUT2D eigenvalue weighted by atomic mass is 32.1. The van der Waals surface area contributed by atoms with Gasteiger partial charge in [0.2, 0.25) is 0 Å². The highest BCUT2D eigenvalue weighted by Crippen LogP contribution is 2.26. The van der Waals surface area contributed by atoms with Crippen LogP contribution in [0, 0.1) is 5.41 Å². The Morgan fingerprint density at radius 3 is 2.94 bits per heavy atom. The van der Waals surface area contributed by atoms with E-state index in [1.165, 1.54) is 11.3 Å². The second kappa shape index (κ2) is 4.43. The number of methoxy groups -OCH3 is 1. The Labute approximate surface area is 98.6 Å². The minimum absolute atomic E-state index is 0.0403. The third-order valence-electron chi connectivity index (χ3n) is 2.61. The first-order chi connectivity index (χ1) is 7.63. The van der Waals surface area contributed by atoms with Crippen molar-refractivity contribution in [1.82, 2.24) is 5.32 Å². The molecule has 0 unspecified atom stereocenters. The highest BCUT2D eigenvalue weighted by Gasteiger charge is 2.33. The number of hydrogen-bond acceptors (Lipinski definition) is 4. The number of ether oxygens (including phenoxy) is 2. The van der Waals surface area contributed by atoms with E-state index in [-0.39, 0.29) is 11.3 Å². The molecule has 1 N–H and O–H groups in total. The summed E-state index contributed by atoms with van der Waals surface area (Å²) in [4.78, 5) is 12.4. The maximum Gasteiger partial charge on any atom is 0.261 e. The number of nitrogens with one attached hydrogen (secondary N) is 1. The Kier molecular flexibility index (Phi) is 3.16. The summed E-state index contributed by atoms with van der Waals surface area (Å²) in [6.07, 6.45) is 0. The van der Waals surface area contributed by atoms with Crippen LogP contribution in [0.3, 0.4) is 0 Å². The Morgan fingerprint density at radius 1 is 1.69 bits per heavy atom. The molecule has 0 aliphatic carbocycles. The average Bonchev–Trinajstić information content (AvgIpc) is 2.71. The molecule has 0 atom stereocenters. The van der Waals surface area contributed by atoms with Gasteiger partial charge in [0.15, 0.2) is 0 Å². The smallest absolute Gasteiger partial charge is 0.261 e. The summed E-state index contributed by atoms with van der Waals surface area (Å²) in [6, 6.07) is 1.75. The molecule has 0 radical (unpaired) electrons. The maximum atomic E-state index is 11.8. The first kappa shape index (κ1) is 11.4. The lowest BCUT2D eigenvalue weighted by Crippen LogP contribution is -2.48. The second-order valence-corrected chi connectivity index (χ2v) is 5.25. The van der Waals surface area contributed by atoms with Gasteiger partial charge in [-0.1, -0.05) is 6.92 Å². The van der Waals surface area contributed by atoms with Crippen LogP contribution in [0.25, 0.3) is 0 Å². The van der Waals surface area contributed by atoms with Gasteiger partial charge in [-0.15, -0.1) is 11.3 Å². The lowest BCUT2D eigenvalue weighted by molar-refractivity contribution is -0.0978. The summed E-state index contributed by atoms with van der Waals surface area (Å²) in [5.41, 5.74) is 0.108. The van der Waals surface area contributed by atoms with Crippen LogP contribution >= 0.6 is 11.3 Å². The van der Waals surface area contributed by atoms with Crippen LogP contribution in [-0.2, 0) is 4.74 Å². The number of carbonyl (C=O) groups is 1. The zero-order valence-electron chi connectivity index (χ0n) is 9.41. The molecule has 1 aromatic heterocycles. The second-order valence-electron chi connectivity index (χ2n) is 4.34. The van der Waals surface area contributed by atoms with Crippen LogP contribution in [0.1, 0.15) is 16.6 Å². The van der Waals surface area contributed by atoms with Gasteiger partial charge in [-0.2, -0.15) is 0 Å². The molecule has 16 heavy (non-hydrogen) atoms. The van der Waals surface area contributed by atoms with Gasteiger partial charge >= 0.3 is 0 Å². The van der Waals surface area contributed by atoms with E-state index in [1.54, 1.807) is 13.2 Å². The lowest BCUT2D eigenvalue weighted by atomic mass is 9.89. The number of rotatable bonds is 4. The summed E-state index contributed by atoms with van der Waals surface area (Å²) in [5, 5.41) is 4.74. The molecule has 2 rings (SSSR count). The monoisotopic (exact) mass is 241 g/mol. The molecule has 1 aliphatic heterocycles. The summed E-state index contributed by atoms with van der Waals surface area (Å²) in [5.74, 6) is 0.690. The fourth-order valence-electron chi connectivity index (χ4n) is 1.48. The van der Waals surface area contributed by atoms with Crippen LogP contribution in [0.5, 0.6) is 5.75 Å². The Hall–Kier alpha value is -1.07. The molecule has 2 heterocycles. The first-order valence-corrected chi connectivity index (χ1v) is 5.99. The topological polar surface area (TPSA) is 47.6 Å². The summed E-state index contributed by atoms with van der Waals surface area (Å²) in [7, 11) is 1.59. The van der Waals surface area contributed by atoms with Crippen molar-refractivity contribution in [2.45, 2.75) is 6.92 Å². The minimum atomic E-state index is -0.0403. The van der Waals surface area contributed by atoms with E-state index in [0.29, 0.717) is 11.4 Å². The molecule has 1 aliphatic rings. The molecule has 0 bridgehead atoms. The molecule has 88 valence electrons. The molecule has 0 spiro atoms. The van der Waals surface area contributed by atoms with Crippen LogP contribution in [-0.4, -0.2) is 32.8 Å². The molecule has 1 saturated heterocycles. The van der Waals surface area contributed by atoms with Crippen molar-refractivity contribution in [1.29, 1.82) is 0 Å². The van der Waals surface area contributed by atoms with Crippen molar-refractivity contribution in [3.05, 3.63) is 16.3 Å². The van der Waals surface area contributed by atoms with E-state index in [4.69, 9.17) is 9.47 Å². The normalized spacial score (nSPS) is 17.6. The zero-order chi connectivity index (χ0) is 11.6. The van der Waals surface area contributed by atoms with Crippen LogP contribution in [0.4, 0.5) is 0 Å². The standard InChI is InChI=1S/C11H15NO3S/c1-11(6-15-7-11)5-12-10(13)9-3-8(14-2)4-16-9/h3-4H,5-7H2,1-2H3,(H,12,13). The molecular formula is C11H15NO3S. The Bertz CT molecular complexity index is 384. The molecule has 0 aromatic carbocycles. The SMILES string of the molecule is COc1csc(C(=O)NCC2(C)COC2)c1. The van der Waals surface area contributed by atoms with Gasteiger partial charge in [0.05, 0.1) is 25.2 Å². The molecule has 5 heteroatoms. The number of thiophene rings is 1. The third-order valence-corrected chi connectivity index (χ3v) is 3.52. The molecule has 1 aromatic rings. The van der Waals surface area contributed by atoms with E-state index >= 15 is 0 Å². The molecule has 1 fully saturated rings. The van der Waals surface area contributed by atoms with Gasteiger partial charge in [0.25, 0.3) is 5.91 Å². The summed E-state index contributed by atoms with van der Waals surface area (Å²) >= 11 is 1.39. The number of amides is 1. The van der Waals surface area contributed by atoms with Gasteiger partial charge in [0.1, 0.15) is 5.75 Å². The van der Waals surface area contributed by atoms with Crippen LogP contribution in [0.15, 0.2) is 11.4 Å². The van der Waals surface area contributed by atoms with Gasteiger partial charge < -0.3 is 14.8 Å². The molecule has 0 saturated carbocycles. The largest absolute Gasteiger partial charge is 0.496 e. The number of carbonyl (C=O) groups excluding carboxylic acids is 1. The molecule has 1 amide bonds. The predicted octanol–water partition coefficient (Wildman–Crippen LogP) is 1.52. The third kappa shape index (κ3) is 2.36. The average molecular weight is 241 g/mol. The van der Waals surface area contributed by atoms with Crippen molar-refractivity contribution >= 4 is 17.2 Å². The lowest BCUT2D eigenvalue weighted by Gasteiger charge is -2.37. The molecule has 4 nitrogen and oxygen atoms in total. The van der Waals surface area contributed by atoms with Gasteiger partial charge in [0, 0.05) is 23.4 Å². The van der Waals surface area contributed by atoms with Crippen molar-refractivity contribution in [3.63, 3.8) is 0 Å². The van der Waals surface area contributed by atoms with E-state index in [0.717, 1.165) is 19.0 Å². The Balaban J connectivity index is 1.87. The van der Waals surface area contributed by atoms with Crippen LogP contribution in [0.2, 0.25) is 0 Å². The van der Waals surface area contributed by atoms with E-state index in [1.807, 2.05) is 5.38 Å². The number of hydrogen-bond donors (Lipinski definition) is 1. The van der Waals surface area contributed by atoms with Gasteiger partial charge in [-0.05, 0) is 0 Å². The van der Waals surface area contributed by atoms with Crippen molar-refractivity contribution in [3.8, 4) is 5.75 Å². The van der Waals surface area contributed by atoms with Crippen molar-refractivity contribution < 1.29 is 14.3 Å². The molecular weight excluding hydrogens is 226 g/mol.